The lowest BCUT2D eigenvalue weighted by molar-refractivity contribution is 0.103. The normalized spacial score (nSPS) is 10.8. The van der Waals surface area contributed by atoms with Gasteiger partial charge >= 0.3 is 0 Å². The summed E-state index contributed by atoms with van der Waals surface area (Å²) in [7, 11) is 0. The summed E-state index contributed by atoms with van der Waals surface area (Å²) in [5.74, 6) is 1.02. The first kappa shape index (κ1) is 14.4. The van der Waals surface area contributed by atoms with Gasteiger partial charge in [0, 0.05) is 10.6 Å². The lowest BCUT2D eigenvalue weighted by atomic mass is 9.99. The van der Waals surface area contributed by atoms with Crippen molar-refractivity contribution in [1.29, 1.82) is 0 Å². The predicted molar refractivity (Wildman–Crippen MR) is 77.8 cm³/mol. The van der Waals surface area contributed by atoms with Crippen molar-refractivity contribution in [2.75, 3.05) is 0 Å². The summed E-state index contributed by atoms with van der Waals surface area (Å²) in [4.78, 5) is 12.6. The number of hydrogen-bond donors (Lipinski definition) is 0. The van der Waals surface area contributed by atoms with Crippen molar-refractivity contribution in [2.24, 2.45) is 0 Å². The van der Waals surface area contributed by atoms with Crippen molar-refractivity contribution in [3.05, 3.63) is 55.4 Å². The van der Waals surface area contributed by atoms with Gasteiger partial charge in [0.1, 0.15) is 11.5 Å². The Morgan fingerprint density at radius 3 is 1.89 bits per heavy atom. The molecule has 1 heterocycles. The molecule has 0 amide bonds. The van der Waals surface area contributed by atoms with Crippen molar-refractivity contribution in [3.8, 4) is 0 Å². The van der Waals surface area contributed by atoms with E-state index < -0.39 is 0 Å². The highest BCUT2D eigenvalue weighted by Gasteiger charge is 2.24. The number of rotatable bonds is 2. The highest BCUT2D eigenvalue weighted by atomic mass is 35.5. The molecule has 19 heavy (non-hydrogen) atoms. The van der Waals surface area contributed by atoms with Crippen LogP contribution in [0, 0.1) is 20.8 Å². The van der Waals surface area contributed by atoms with E-state index in [0.717, 1.165) is 5.56 Å². The first-order valence-electron chi connectivity index (χ1n) is 5.58. The van der Waals surface area contributed by atoms with Gasteiger partial charge in [-0.3, -0.25) is 4.79 Å². The molecule has 1 aromatic heterocycles. The molecule has 0 atom stereocenters. The molecule has 0 unspecified atom stereocenters. The van der Waals surface area contributed by atoms with Crippen LogP contribution in [-0.4, -0.2) is 5.78 Å². The maximum Gasteiger partial charge on any atom is 0.199 e. The number of ketones is 1. The average Bonchev–Trinajstić information content (AvgIpc) is 2.51. The zero-order valence-electron chi connectivity index (χ0n) is 10.6. The first-order chi connectivity index (χ1) is 8.82. The smallest absolute Gasteiger partial charge is 0.199 e. The molecule has 0 fully saturated rings. The molecule has 5 heteroatoms. The highest BCUT2D eigenvalue weighted by molar-refractivity contribution is 6.43. The van der Waals surface area contributed by atoms with Gasteiger partial charge in [-0.25, -0.2) is 0 Å². The lowest BCUT2D eigenvalue weighted by Gasteiger charge is -2.07. The lowest BCUT2D eigenvalue weighted by Crippen LogP contribution is -2.05. The third kappa shape index (κ3) is 2.53. The summed E-state index contributed by atoms with van der Waals surface area (Å²) >= 11 is 18.0. The molecule has 0 aliphatic carbocycles. The molecule has 0 aliphatic rings. The minimum atomic E-state index is -0.251. The van der Waals surface area contributed by atoms with Crippen LogP contribution in [0.2, 0.25) is 15.1 Å². The van der Waals surface area contributed by atoms with Crippen LogP contribution >= 0.6 is 34.8 Å². The summed E-state index contributed by atoms with van der Waals surface area (Å²) < 4.78 is 5.46. The van der Waals surface area contributed by atoms with Gasteiger partial charge in [0.15, 0.2) is 5.78 Å². The predicted octanol–water partition coefficient (Wildman–Crippen LogP) is 5.40. The van der Waals surface area contributed by atoms with Gasteiger partial charge in [0.2, 0.25) is 0 Å². The van der Waals surface area contributed by atoms with Gasteiger partial charge in [-0.1, -0.05) is 34.8 Å². The number of carbonyl (C=O) groups is 1. The zero-order chi connectivity index (χ0) is 14.3. The monoisotopic (exact) mass is 316 g/mol. The van der Waals surface area contributed by atoms with Crippen LogP contribution in [0.5, 0.6) is 0 Å². The standard InChI is InChI=1S/C14H11Cl3O2/c1-6-7(2)19-8(3)12(6)14(18)13-10(16)4-9(15)5-11(13)17/h4-5H,1-3H3. The van der Waals surface area contributed by atoms with E-state index in [2.05, 4.69) is 0 Å². The van der Waals surface area contributed by atoms with Gasteiger partial charge in [0.25, 0.3) is 0 Å². The number of carbonyl (C=O) groups excluding carboxylic acids is 1. The Kier molecular flexibility index (Phi) is 3.95. The first-order valence-corrected chi connectivity index (χ1v) is 6.72. The third-order valence-electron chi connectivity index (χ3n) is 3.02. The molecule has 0 bridgehead atoms. The topological polar surface area (TPSA) is 30.2 Å². The molecular weight excluding hydrogens is 307 g/mol. The van der Waals surface area contributed by atoms with Crippen molar-refractivity contribution >= 4 is 40.6 Å². The fourth-order valence-electron chi connectivity index (χ4n) is 2.01. The maximum absolute atomic E-state index is 12.6. The van der Waals surface area contributed by atoms with E-state index in [0.29, 0.717) is 22.1 Å². The van der Waals surface area contributed by atoms with E-state index >= 15 is 0 Å². The molecule has 2 nitrogen and oxygen atoms in total. The molecule has 0 saturated carbocycles. The molecule has 2 aromatic rings. The van der Waals surface area contributed by atoms with E-state index in [1.807, 2.05) is 13.8 Å². The molecule has 2 rings (SSSR count). The van der Waals surface area contributed by atoms with Crippen LogP contribution in [0.4, 0.5) is 0 Å². The summed E-state index contributed by atoms with van der Waals surface area (Å²) in [6.45, 7) is 5.38. The van der Waals surface area contributed by atoms with Crippen LogP contribution in [0.15, 0.2) is 16.5 Å². The van der Waals surface area contributed by atoms with Gasteiger partial charge in [-0.05, 0) is 32.9 Å². The SMILES string of the molecule is Cc1oc(C)c(C(=O)c2c(Cl)cc(Cl)cc2Cl)c1C. The number of aryl methyl sites for hydroxylation is 2. The largest absolute Gasteiger partial charge is 0.466 e. The highest BCUT2D eigenvalue weighted by Crippen LogP contribution is 2.33. The Labute approximate surface area is 126 Å². The van der Waals surface area contributed by atoms with Gasteiger partial charge < -0.3 is 4.42 Å². The van der Waals surface area contributed by atoms with Crippen LogP contribution in [0.3, 0.4) is 0 Å². The minimum Gasteiger partial charge on any atom is -0.466 e. The molecule has 0 aliphatic heterocycles. The van der Waals surface area contributed by atoms with Gasteiger partial charge in [-0.2, -0.15) is 0 Å². The molecule has 0 N–H and O–H groups in total. The quantitative estimate of drug-likeness (QED) is 0.695. The Morgan fingerprint density at radius 2 is 1.47 bits per heavy atom. The molecule has 0 saturated heterocycles. The van der Waals surface area contributed by atoms with Crippen molar-refractivity contribution < 1.29 is 9.21 Å². The molecule has 1 aromatic carbocycles. The van der Waals surface area contributed by atoms with Crippen molar-refractivity contribution in [1.82, 2.24) is 0 Å². The zero-order valence-corrected chi connectivity index (χ0v) is 12.9. The van der Waals surface area contributed by atoms with Crippen molar-refractivity contribution in [2.45, 2.75) is 20.8 Å². The number of benzene rings is 1. The van der Waals surface area contributed by atoms with Gasteiger partial charge in [-0.15, -0.1) is 0 Å². The minimum absolute atomic E-state index is 0.236. The molecular formula is C14H11Cl3O2. The number of furan rings is 1. The summed E-state index contributed by atoms with van der Waals surface area (Å²) in [6.07, 6.45) is 0. The fraction of sp³-hybridized carbons (Fsp3) is 0.214. The van der Waals surface area contributed by atoms with Crippen LogP contribution < -0.4 is 0 Å². The maximum atomic E-state index is 12.6. The van der Waals surface area contributed by atoms with Crippen LogP contribution in [-0.2, 0) is 0 Å². The Bertz CT molecular complexity index is 649. The second kappa shape index (κ2) is 5.20. The molecule has 100 valence electrons. The Morgan fingerprint density at radius 1 is 0.947 bits per heavy atom. The van der Waals surface area contributed by atoms with E-state index in [9.17, 15) is 4.79 Å². The van der Waals surface area contributed by atoms with E-state index in [1.165, 1.54) is 12.1 Å². The van der Waals surface area contributed by atoms with E-state index in [1.54, 1.807) is 6.92 Å². The van der Waals surface area contributed by atoms with Crippen LogP contribution in [0.1, 0.15) is 33.0 Å². The Balaban J connectivity index is 2.63. The van der Waals surface area contributed by atoms with E-state index in [-0.39, 0.29) is 21.4 Å². The molecule has 0 spiro atoms. The Hall–Kier alpha value is -0.960. The number of hydrogen-bond acceptors (Lipinski definition) is 2. The second-order valence-electron chi connectivity index (χ2n) is 4.29. The third-order valence-corrected chi connectivity index (χ3v) is 3.84. The van der Waals surface area contributed by atoms with E-state index in [4.69, 9.17) is 39.2 Å². The fourth-order valence-corrected chi connectivity index (χ4v) is 3.00. The molecule has 0 radical (unpaired) electrons. The average molecular weight is 318 g/mol. The number of halogens is 3. The second-order valence-corrected chi connectivity index (χ2v) is 5.54. The van der Waals surface area contributed by atoms with Crippen molar-refractivity contribution in [3.63, 3.8) is 0 Å². The van der Waals surface area contributed by atoms with Crippen LogP contribution in [0.25, 0.3) is 0 Å². The summed E-state index contributed by atoms with van der Waals surface area (Å²) in [5, 5.41) is 0.865. The van der Waals surface area contributed by atoms with Gasteiger partial charge in [0.05, 0.1) is 21.2 Å². The summed E-state index contributed by atoms with van der Waals surface area (Å²) in [5.41, 5.74) is 1.55. The summed E-state index contributed by atoms with van der Waals surface area (Å²) in [6, 6.07) is 3.00.